The highest BCUT2D eigenvalue weighted by Gasteiger charge is 2.52. The third-order valence-electron chi connectivity index (χ3n) is 6.33. The Morgan fingerprint density at radius 1 is 1.14 bits per heavy atom. The van der Waals surface area contributed by atoms with Gasteiger partial charge in [0, 0.05) is 16.8 Å². The average Bonchev–Trinajstić information content (AvgIpc) is 3.35. The minimum Gasteiger partial charge on any atom is -0.325 e. The standard InChI is InChI=1S/C20H22ClN3O4/c1-11(16-9-12-2-3-13(16)8-12)24-19(27)18(26)23(20(24)28)10-17(25)22-15-6-4-14(21)5-7-15/h4-7,11-13,16H,2-3,8-10H2,1H3,(H,22,25). The van der Waals surface area contributed by atoms with Gasteiger partial charge in [-0.05, 0) is 68.2 Å². The lowest BCUT2D eigenvalue weighted by atomic mass is 9.83. The van der Waals surface area contributed by atoms with Crippen LogP contribution in [0.1, 0.15) is 32.6 Å². The van der Waals surface area contributed by atoms with E-state index in [1.54, 1.807) is 24.3 Å². The Labute approximate surface area is 168 Å². The van der Waals surface area contributed by atoms with Crippen molar-refractivity contribution in [1.82, 2.24) is 9.80 Å². The molecule has 0 radical (unpaired) electrons. The SMILES string of the molecule is CC(C1CC2CCC1C2)N1C(=O)C(=O)N(CC(=O)Nc2ccc(Cl)cc2)C1=O. The molecule has 3 aliphatic rings. The number of imide groups is 2. The number of benzene rings is 1. The first kappa shape index (κ1) is 18.9. The van der Waals surface area contributed by atoms with E-state index in [0.717, 1.165) is 29.1 Å². The summed E-state index contributed by atoms with van der Waals surface area (Å²) < 4.78 is 0. The first-order chi connectivity index (χ1) is 13.3. The molecule has 2 saturated carbocycles. The third-order valence-corrected chi connectivity index (χ3v) is 6.59. The summed E-state index contributed by atoms with van der Waals surface area (Å²) in [4.78, 5) is 51.7. The molecule has 3 fully saturated rings. The summed E-state index contributed by atoms with van der Waals surface area (Å²) in [5.41, 5.74) is 0.493. The molecule has 1 N–H and O–H groups in total. The molecule has 1 aromatic rings. The van der Waals surface area contributed by atoms with Crippen LogP contribution in [0.3, 0.4) is 0 Å². The Morgan fingerprint density at radius 2 is 1.86 bits per heavy atom. The van der Waals surface area contributed by atoms with Crippen LogP contribution in [0, 0.1) is 17.8 Å². The second kappa shape index (κ2) is 7.20. The molecule has 4 rings (SSSR count). The zero-order valence-corrected chi connectivity index (χ0v) is 16.3. The van der Waals surface area contributed by atoms with E-state index in [1.807, 2.05) is 6.92 Å². The maximum Gasteiger partial charge on any atom is 0.334 e. The van der Waals surface area contributed by atoms with Crippen molar-refractivity contribution in [1.29, 1.82) is 0 Å². The number of nitrogens with one attached hydrogen (secondary N) is 1. The highest BCUT2D eigenvalue weighted by Crippen LogP contribution is 2.50. The predicted octanol–water partition coefficient (Wildman–Crippen LogP) is 2.89. The van der Waals surface area contributed by atoms with Crippen LogP contribution in [0.2, 0.25) is 5.02 Å². The number of amides is 5. The number of carbonyl (C=O) groups is 4. The van der Waals surface area contributed by atoms with Gasteiger partial charge in [-0.1, -0.05) is 18.0 Å². The number of halogens is 1. The minimum atomic E-state index is -0.939. The van der Waals surface area contributed by atoms with Crippen molar-refractivity contribution in [2.24, 2.45) is 17.8 Å². The van der Waals surface area contributed by atoms with Crippen LogP contribution in [-0.2, 0) is 14.4 Å². The number of nitrogens with zero attached hydrogens (tertiary/aromatic N) is 2. The van der Waals surface area contributed by atoms with Gasteiger partial charge < -0.3 is 5.32 Å². The fourth-order valence-electron chi connectivity index (χ4n) is 4.97. The number of rotatable bonds is 5. The van der Waals surface area contributed by atoms with E-state index in [1.165, 1.54) is 6.42 Å². The van der Waals surface area contributed by atoms with Crippen LogP contribution in [0.4, 0.5) is 10.5 Å². The molecular formula is C20H22ClN3O4. The van der Waals surface area contributed by atoms with Crippen molar-refractivity contribution < 1.29 is 19.2 Å². The number of anilines is 1. The number of hydrogen-bond acceptors (Lipinski definition) is 4. The molecule has 28 heavy (non-hydrogen) atoms. The molecule has 2 aliphatic carbocycles. The second-order valence-corrected chi connectivity index (χ2v) is 8.42. The van der Waals surface area contributed by atoms with Gasteiger partial charge in [0.2, 0.25) is 5.91 Å². The lowest BCUT2D eigenvalue weighted by Crippen LogP contribution is -2.45. The first-order valence-corrected chi connectivity index (χ1v) is 9.97. The summed E-state index contributed by atoms with van der Waals surface area (Å²) in [5.74, 6) is -0.903. The van der Waals surface area contributed by atoms with Gasteiger partial charge in [0.25, 0.3) is 0 Å². The number of carbonyl (C=O) groups excluding carboxylic acids is 4. The molecule has 4 atom stereocenters. The summed E-state index contributed by atoms with van der Waals surface area (Å²) in [6.45, 7) is 1.34. The van der Waals surface area contributed by atoms with E-state index in [4.69, 9.17) is 11.6 Å². The van der Waals surface area contributed by atoms with E-state index in [2.05, 4.69) is 5.32 Å². The molecule has 148 valence electrons. The molecule has 7 nitrogen and oxygen atoms in total. The van der Waals surface area contributed by atoms with Gasteiger partial charge in [-0.25, -0.2) is 9.69 Å². The van der Waals surface area contributed by atoms with Crippen molar-refractivity contribution in [2.45, 2.75) is 38.6 Å². The molecular weight excluding hydrogens is 382 g/mol. The Bertz CT molecular complexity index is 840. The number of fused-ring (bicyclic) bond motifs is 2. The molecule has 2 bridgehead atoms. The summed E-state index contributed by atoms with van der Waals surface area (Å²) in [6.07, 6.45) is 4.48. The van der Waals surface area contributed by atoms with Crippen molar-refractivity contribution in [3.63, 3.8) is 0 Å². The second-order valence-electron chi connectivity index (χ2n) is 7.98. The average molecular weight is 404 g/mol. The van der Waals surface area contributed by atoms with Crippen molar-refractivity contribution in [3.8, 4) is 0 Å². The minimum absolute atomic E-state index is 0.238. The Kier molecular flexibility index (Phi) is 4.87. The van der Waals surface area contributed by atoms with Gasteiger partial charge in [0.1, 0.15) is 6.54 Å². The zero-order chi connectivity index (χ0) is 20.0. The maximum atomic E-state index is 12.8. The van der Waals surface area contributed by atoms with Crippen molar-refractivity contribution in [3.05, 3.63) is 29.3 Å². The molecule has 8 heteroatoms. The van der Waals surface area contributed by atoms with E-state index in [9.17, 15) is 19.2 Å². The van der Waals surface area contributed by atoms with Crippen LogP contribution in [0.15, 0.2) is 24.3 Å². The number of urea groups is 1. The van der Waals surface area contributed by atoms with Crippen LogP contribution in [-0.4, -0.2) is 46.1 Å². The van der Waals surface area contributed by atoms with Crippen LogP contribution >= 0.6 is 11.6 Å². The normalized spacial score (nSPS) is 27.6. The first-order valence-electron chi connectivity index (χ1n) is 9.59. The van der Waals surface area contributed by atoms with E-state index < -0.39 is 30.3 Å². The van der Waals surface area contributed by atoms with Gasteiger partial charge in [0.05, 0.1) is 0 Å². The summed E-state index contributed by atoms with van der Waals surface area (Å²) >= 11 is 5.81. The predicted molar refractivity (Wildman–Crippen MR) is 102 cm³/mol. The highest BCUT2D eigenvalue weighted by molar-refractivity contribution is 6.45. The third kappa shape index (κ3) is 3.28. The van der Waals surface area contributed by atoms with Gasteiger partial charge in [-0.2, -0.15) is 0 Å². The quantitative estimate of drug-likeness (QED) is 0.605. The van der Waals surface area contributed by atoms with E-state index in [-0.39, 0.29) is 12.0 Å². The Balaban J connectivity index is 1.43. The van der Waals surface area contributed by atoms with Gasteiger partial charge in [0.15, 0.2) is 0 Å². The fraction of sp³-hybridized carbons (Fsp3) is 0.500. The molecule has 0 spiro atoms. The monoisotopic (exact) mass is 403 g/mol. The van der Waals surface area contributed by atoms with Crippen molar-refractivity contribution in [2.75, 3.05) is 11.9 Å². The zero-order valence-electron chi connectivity index (χ0n) is 15.6. The summed E-state index contributed by atoms with van der Waals surface area (Å²) in [6, 6.07) is 5.43. The van der Waals surface area contributed by atoms with Crippen LogP contribution in [0.25, 0.3) is 0 Å². The largest absolute Gasteiger partial charge is 0.334 e. The van der Waals surface area contributed by atoms with Gasteiger partial charge in [-0.3, -0.25) is 19.3 Å². The van der Waals surface area contributed by atoms with E-state index >= 15 is 0 Å². The lowest BCUT2D eigenvalue weighted by Gasteiger charge is -2.32. The molecule has 1 heterocycles. The molecule has 4 unspecified atom stereocenters. The lowest BCUT2D eigenvalue weighted by molar-refractivity contribution is -0.144. The molecule has 1 aromatic carbocycles. The summed E-state index contributed by atoms with van der Waals surface area (Å²) in [7, 11) is 0. The van der Waals surface area contributed by atoms with Gasteiger partial charge >= 0.3 is 17.8 Å². The highest BCUT2D eigenvalue weighted by atomic mass is 35.5. The molecule has 0 aromatic heterocycles. The maximum absolute atomic E-state index is 12.8. The Morgan fingerprint density at radius 3 is 2.46 bits per heavy atom. The molecule has 1 aliphatic heterocycles. The number of hydrogen-bond donors (Lipinski definition) is 1. The molecule has 5 amide bonds. The smallest absolute Gasteiger partial charge is 0.325 e. The molecule has 1 saturated heterocycles. The fourth-order valence-corrected chi connectivity index (χ4v) is 5.10. The van der Waals surface area contributed by atoms with Crippen LogP contribution in [0.5, 0.6) is 0 Å². The topological polar surface area (TPSA) is 86.8 Å². The Hall–Kier alpha value is -2.41. The summed E-state index contributed by atoms with van der Waals surface area (Å²) in [5, 5.41) is 3.13. The van der Waals surface area contributed by atoms with Crippen molar-refractivity contribution >= 4 is 41.0 Å². The van der Waals surface area contributed by atoms with Crippen LogP contribution < -0.4 is 5.32 Å². The van der Waals surface area contributed by atoms with Gasteiger partial charge in [-0.15, -0.1) is 0 Å². The van der Waals surface area contributed by atoms with E-state index in [0.29, 0.717) is 22.5 Å².